The van der Waals surface area contributed by atoms with Crippen molar-refractivity contribution >= 4 is 33.4 Å². The number of carbonyl (C=O) groups is 1. The Balaban J connectivity index is 1.87. The van der Waals surface area contributed by atoms with Crippen molar-refractivity contribution in [1.29, 1.82) is 0 Å². The highest BCUT2D eigenvalue weighted by molar-refractivity contribution is 9.10. The third-order valence-electron chi connectivity index (χ3n) is 3.46. The maximum absolute atomic E-state index is 13.1. The molecule has 114 valence electrons. The Labute approximate surface area is 140 Å². The molecule has 2 aromatic rings. The average Bonchev–Trinajstić information content (AvgIpc) is 2.62. The zero-order chi connectivity index (χ0) is 15.7. The number of halogens is 3. The summed E-state index contributed by atoms with van der Waals surface area (Å²) in [5.74, 6) is 0.172. The van der Waals surface area contributed by atoms with Crippen molar-refractivity contribution in [2.75, 3.05) is 6.61 Å². The van der Waals surface area contributed by atoms with Gasteiger partial charge in [-0.3, -0.25) is 4.79 Å². The van der Waals surface area contributed by atoms with E-state index < -0.39 is 5.82 Å². The van der Waals surface area contributed by atoms with E-state index in [0.717, 1.165) is 10.0 Å². The first-order chi connectivity index (χ1) is 10.5. The molecule has 1 aliphatic heterocycles. The van der Waals surface area contributed by atoms with E-state index in [9.17, 15) is 9.18 Å². The lowest BCUT2D eigenvalue weighted by atomic mass is 10.1. The summed E-state index contributed by atoms with van der Waals surface area (Å²) in [6, 6.07) is 9.81. The monoisotopic (exact) mass is 383 g/mol. The first-order valence-electron chi connectivity index (χ1n) is 6.66. The lowest BCUT2D eigenvalue weighted by Gasteiger charge is -2.20. The predicted octanol–water partition coefficient (Wildman–Crippen LogP) is 4.16. The first-order valence-corrected chi connectivity index (χ1v) is 7.83. The minimum absolute atomic E-state index is 0.0204. The van der Waals surface area contributed by atoms with Crippen molar-refractivity contribution in [1.82, 2.24) is 4.90 Å². The third kappa shape index (κ3) is 3.25. The fraction of sp³-hybridized carbons (Fsp3) is 0.188. The molecule has 0 aromatic heterocycles. The third-order valence-corrected chi connectivity index (χ3v) is 4.31. The molecule has 0 bridgehead atoms. The zero-order valence-electron chi connectivity index (χ0n) is 11.5. The number of hydrogen-bond acceptors (Lipinski definition) is 2. The number of benzene rings is 2. The van der Waals surface area contributed by atoms with Crippen LogP contribution in [0.5, 0.6) is 5.75 Å². The van der Waals surface area contributed by atoms with Gasteiger partial charge < -0.3 is 9.64 Å². The standard InChI is InChI=1S/C16H12BrClFNO2/c17-12-2-4-15-11(5-12)8-20(16(21)9-22-15)7-10-1-3-13(19)6-14(10)18/h1-6H,7-9H2. The van der Waals surface area contributed by atoms with Crippen molar-refractivity contribution in [3.63, 3.8) is 0 Å². The van der Waals surface area contributed by atoms with Crippen LogP contribution < -0.4 is 4.74 Å². The molecule has 0 spiro atoms. The van der Waals surface area contributed by atoms with E-state index in [1.807, 2.05) is 18.2 Å². The predicted molar refractivity (Wildman–Crippen MR) is 85.3 cm³/mol. The molecular formula is C16H12BrClFNO2. The van der Waals surface area contributed by atoms with Gasteiger partial charge in [-0.2, -0.15) is 0 Å². The number of fused-ring (bicyclic) bond motifs is 1. The largest absolute Gasteiger partial charge is 0.483 e. The van der Waals surface area contributed by atoms with Gasteiger partial charge in [0.2, 0.25) is 0 Å². The second kappa shape index (κ2) is 6.26. The van der Waals surface area contributed by atoms with Crippen LogP contribution in [-0.4, -0.2) is 17.4 Å². The van der Waals surface area contributed by atoms with Crippen LogP contribution in [0.3, 0.4) is 0 Å². The molecule has 0 aliphatic carbocycles. The average molecular weight is 385 g/mol. The molecule has 6 heteroatoms. The Hall–Kier alpha value is -1.59. The SMILES string of the molecule is O=C1COc2ccc(Br)cc2CN1Cc1ccc(F)cc1Cl. The molecule has 0 saturated heterocycles. The van der Waals surface area contributed by atoms with Gasteiger partial charge in [0, 0.05) is 28.1 Å². The summed E-state index contributed by atoms with van der Waals surface area (Å²) in [6.07, 6.45) is 0. The molecule has 3 nitrogen and oxygen atoms in total. The molecule has 3 rings (SSSR count). The zero-order valence-corrected chi connectivity index (χ0v) is 13.8. The molecule has 1 heterocycles. The summed E-state index contributed by atoms with van der Waals surface area (Å²) < 4.78 is 19.6. The summed E-state index contributed by atoms with van der Waals surface area (Å²) >= 11 is 9.46. The van der Waals surface area contributed by atoms with Crippen LogP contribution in [0, 0.1) is 5.82 Å². The lowest BCUT2D eigenvalue weighted by Crippen LogP contribution is -2.32. The van der Waals surface area contributed by atoms with Gasteiger partial charge in [-0.15, -0.1) is 0 Å². The fourth-order valence-electron chi connectivity index (χ4n) is 2.34. The minimum Gasteiger partial charge on any atom is -0.483 e. The molecule has 0 radical (unpaired) electrons. The summed E-state index contributed by atoms with van der Waals surface area (Å²) in [5, 5.41) is 0.312. The molecule has 0 saturated carbocycles. The smallest absolute Gasteiger partial charge is 0.261 e. The van der Waals surface area contributed by atoms with Crippen molar-refractivity contribution in [3.8, 4) is 5.75 Å². The van der Waals surface area contributed by atoms with E-state index in [4.69, 9.17) is 16.3 Å². The molecule has 0 atom stereocenters. The Morgan fingerprint density at radius 1 is 1.27 bits per heavy atom. The van der Waals surface area contributed by atoms with Gasteiger partial charge in [0.15, 0.2) is 6.61 Å². The van der Waals surface area contributed by atoms with Gasteiger partial charge in [0.05, 0.1) is 0 Å². The van der Waals surface area contributed by atoms with Gasteiger partial charge in [0.1, 0.15) is 11.6 Å². The molecular weight excluding hydrogens is 373 g/mol. The second-order valence-corrected chi connectivity index (χ2v) is 6.35. The Bertz CT molecular complexity index is 738. The topological polar surface area (TPSA) is 29.5 Å². The fourth-order valence-corrected chi connectivity index (χ4v) is 2.97. The van der Waals surface area contributed by atoms with E-state index >= 15 is 0 Å². The van der Waals surface area contributed by atoms with Gasteiger partial charge in [-0.1, -0.05) is 33.6 Å². The maximum atomic E-state index is 13.1. The van der Waals surface area contributed by atoms with E-state index in [2.05, 4.69) is 15.9 Å². The molecule has 0 N–H and O–H groups in total. The van der Waals surface area contributed by atoms with Crippen LogP contribution in [0.2, 0.25) is 5.02 Å². The van der Waals surface area contributed by atoms with Crippen molar-refractivity contribution < 1.29 is 13.9 Å². The van der Waals surface area contributed by atoms with Crippen LogP contribution in [0.15, 0.2) is 40.9 Å². The van der Waals surface area contributed by atoms with E-state index in [1.54, 1.807) is 11.0 Å². The highest BCUT2D eigenvalue weighted by Crippen LogP contribution is 2.28. The van der Waals surface area contributed by atoms with E-state index in [-0.39, 0.29) is 12.5 Å². The second-order valence-electron chi connectivity index (χ2n) is 5.03. The van der Waals surface area contributed by atoms with Crippen LogP contribution in [-0.2, 0) is 17.9 Å². The van der Waals surface area contributed by atoms with Gasteiger partial charge in [0.25, 0.3) is 5.91 Å². The van der Waals surface area contributed by atoms with Crippen molar-refractivity contribution in [2.45, 2.75) is 13.1 Å². The summed E-state index contributed by atoms with van der Waals surface area (Å²) in [4.78, 5) is 13.9. The first kappa shape index (κ1) is 15.3. The molecule has 2 aromatic carbocycles. The van der Waals surface area contributed by atoms with E-state index in [1.165, 1.54) is 12.1 Å². The quantitative estimate of drug-likeness (QED) is 0.778. The lowest BCUT2D eigenvalue weighted by molar-refractivity contribution is -0.133. The number of nitrogens with zero attached hydrogens (tertiary/aromatic N) is 1. The number of ether oxygens (including phenoxy) is 1. The van der Waals surface area contributed by atoms with Crippen LogP contribution in [0.4, 0.5) is 4.39 Å². The van der Waals surface area contributed by atoms with Crippen molar-refractivity contribution in [3.05, 3.63) is 62.8 Å². The molecule has 22 heavy (non-hydrogen) atoms. The van der Waals surface area contributed by atoms with Crippen LogP contribution >= 0.6 is 27.5 Å². The number of carbonyl (C=O) groups excluding carboxylic acids is 1. The Morgan fingerprint density at radius 2 is 2.09 bits per heavy atom. The summed E-state index contributed by atoms with van der Waals surface area (Å²) in [7, 11) is 0. The molecule has 1 amide bonds. The van der Waals surface area contributed by atoms with Crippen LogP contribution in [0.25, 0.3) is 0 Å². The molecule has 0 unspecified atom stereocenters. The highest BCUT2D eigenvalue weighted by atomic mass is 79.9. The van der Waals surface area contributed by atoms with Crippen molar-refractivity contribution in [2.24, 2.45) is 0 Å². The maximum Gasteiger partial charge on any atom is 0.261 e. The van der Waals surface area contributed by atoms with Gasteiger partial charge in [-0.25, -0.2) is 4.39 Å². The summed E-state index contributed by atoms with van der Waals surface area (Å²) in [6.45, 7) is 0.710. The number of hydrogen-bond donors (Lipinski definition) is 0. The van der Waals surface area contributed by atoms with Gasteiger partial charge in [-0.05, 0) is 35.9 Å². The normalized spacial score (nSPS) is 14.3. The number of rotatable bonds is 2. The Kier molecular flexibility index (Phi) is 4.36. The number of amides is 1. The van der Waals surface area contributed by atoms with E-state index in [0.29, 0.717) is 29.4 Å². The minimum atomic E-state index is -0.395. The van der Waals surface area contributed by atoms with Crippen LogP contribution in [0.1, 0.15) is 11.1 Å². The highest BCUT2D eigenvalue weighted by Gasteiger charge is 2.22. The van der Waals surface area contributed by atoms with Gasteiger partial charge >= 0.3 is 0 Å². The molecule has 1 aliphatic rings. The summed E-state index contributed by atoms with van der Waals surface area (Å²) in [5.41, 5.74) is 1.62. The Morgan fingerprint density at radius 3 is 2.86 bits per heavy atom. The molecule has 0 fully saturated rings.